The highest BCUT2D eigenvalue weighted by molar-refractivity contribution is 6.35. The smallest absolute Gasteiger partial charge is 0.336 e. The van der Waals surface area contributed by atoms with Crippen molar-refractivity contribution in [3.63, 3.8) is 0 Å². The molecule has 0 aliphatic carbocycles. The van der Waals surface area contributed by atoms with Crippen LogP contribution in [0.25, 0.3) is 11.0 Å². The van der Waals surface area contributed by atoms with Gasteiger partial charge in [0.15, 0.2) is 6.61 Å². The number of amides is 1. The summed E-state index contributed by atoms with van der Waals surface area (Å²) in [4.78, 5) is 23.6. The van der Waals surface area contributed by atoms with Crippen LogP contribution >= 0.6 is 34.8 Å². The van der Waals surface area contributed by atoms with Gasteiger partial charge in [0.25, 0.3) is 5.91 Å². The van der Waals surface area contributed by atoms with Gasteiger partial charge in [-0.3, -0.25) is 4.79 Å². The first kappa shape index (κ1) is 18.6. The first-order valence-electron chi connectivity index (χ1n) is 7.45. The number of ether oxygens (including phenoxy) is 1. The van der Waals surface area contributed by atoms with Crippen LogP contribution in [0.4, 0.5) is 5.69 Å². The number of benzene rings is 2. The highest BCUT2D eigenvalue weighted by Crippen LogP contribution is 2.31. The second kappa shape index (κ2) is 7.58. The number of rotatable bonds is 4. The number of fused-ring (bicyclic) bond motifs is 1. The van der Waals surface area contributed by atoms with Crippen LogP contribution in [-0.4, -0.2) is 12.5 Å². The molecule has 0 radical (unpaired) electrons. The molecule has 1 heterocycles. The Morgan fingerprint density at radius 1 is 1.12 bits per heavy atom. The molecule has 1 aromatic heterocycles. The number of aryl methyl sites for hydroxylation is 1. The summed E-state index contributed by atoms with van der Waals surface area (Å²) in [7, 11) is 0. The molecule has 0 saturated heterocycles. The normalized spacial score (nSPS) is 10.8. The van der Waals surface area contributed by atoms with Crippen LogP contribution in [0, 0.1) is 6.92 Å². The van der Waals surface area contributed by atoms with Gasteiger partial charge in [0.1, 0.15) is 11.3 Å². The van der Waals surface area contributed by atoms with Crippen molar-refractivity contribution in [1.82, 2.24) is 0 Å². The van der Waals surface area contributed by atoms with Crippen molar-refractivity contribution >= 4 is 57.4 Å². The molecule has 26 heavy (non-hydrogen) atoms. The predicted molar refractivity (Wildman–Crippen MR) is 103 cm³/mol. The summed E-state index contributed by atoms with van der Waals surface area (Å²) < 4.78 is 10.6. The number of carbonyl (C=O) groups is 1. The van der Waals surface area contributed by atoms with Crippen LogP contribution in [-0.2, 0) is 4.79 Å². The Kier molecular flexibility index (Phi) is 5.41. The van der Waals surface area contributed by atoms with E-state index in [1.165, 1.54) is 18.2 Å². The zero-order valence-corrected chi connectivity index (χ0v) is 15.7. The van der Waals surface area contributed by atoms with Crippen molar-refractivity contribution in [3.05, 3.63) is 67.4 Å². The number of anilines is 1. The Morgan fingerprint density at radius 3 is 2.65 bits per heavy atom. The zero-order chi connectivity index (χ0) is 18.8. The van der Waals surface area contributed by atoms with Gasteiger partial charge in [0.2, 0.25) is 0 Å². The third-order valence-electron chi connectivity index (χ3n) is 3.57. The molecule has 3 aromatic rings. The molecule has 0 saturated carbocycles. The first-order valence-corrected chi connectivity index (χ1v) is 8.58. The predicted octanol–water partition coefficient (Wildman–Crippen LogP) is 5.08. The van der Waals surface area contributed by atoms with Crippen molar-refractivity contribution in [2.45, 2.75) is 6.92 Å². The van der Waals surface area contributed by atoms with E-state index in [0.717, 1.165) is 5.56 Å². The average Bonchev–Trinajstić information content (AvgIpc) is 2.57. The van der Waals surface area contributed by atoms with Crippen molar-refractivity contribution in [3.8, 4) is 5.75 Å². The lowest BCUT2D eigenvalue weighted by Crippen LogP contribution is -2.20. The van der Waals surface area contributed by atoms with E-state index in [9.17, 15) is 9.59 Å². The molecule has 0 spiro atoms. The lowest BCUT2D eigenvalue weighted by atomic mass is 10.1. The minimum absolute atomic E-state index is 0.222. The topological polar surface area (TPSA) is 68.5 Å². The van der Waals surface area contributed by atoms with Gasteiger partial charge in [-0.2, -0.15) is 0 Å². The lowest BCUT2D eigenvalue weighted by molar-refractivity contribution is -0.118. The highest BCUT2D eigenvalue weighted by atomic mass is 35.5. The zero-order valence-electron chi connectivity index (χ0n) is 13.4. The van der Waals surface area contributed by atoms with E-state index in [4.69, 9.17) is 44.0 Å². The van der Waals surface area contributed by atoms with Crippen LogP contribution < -0.4 is 15.7 Å². The molecular formula is C18H12Cl3NO4. The van der Waals surface area contributed by atoms with Crippen LogP contribution in [0.15, 0.2) is 45.6 Å². The number of carbonyl (C=O) groups excluding carboxylic acids is 1. The summed E-state index contributed by atoms with van der Waals surface area (Å²) >= 11 is 18.1. The second-order valence-electron chi connectivity index (χ2n) is 5.49. The molecule has 0 bridgehead atoms. The van der Waals surface area contributed by atoms with E-state index in [0.29, 0.717) is 31.7 Å². The number of halogens is 3. The van der Waals surface area contributed by atoms with Gasteiger partial charge in [-0.25, -0.2) is 4.79 Å². The van der Waals surface area contributed by atoms with E-state index < -0.39 is 11.5 Å². The Labute approximate surface area is 163 Å². The van der Waals surface area contributed by atoms with Crippen molar-refractivity contribution in [1.29, 1.82) is 0 Å². The molecule has 1 N–H and O–H groups in total. The van der Waals surface area contributed by atoms with Gasteiger partial charge >= 0.3 is 5.63 Å². The van der Waals surface area contributed by atoms with Crippen molar-refractivity contribution in [2.75, 3.05) is 11.9 Å². The number of hydrogen-bond donors (Lipinski definition) is 1. The minimum Gasteiger partial charge on any atom is -0.482 e. The average molecular weight is 413 g/mol. The Morgan fingerprint density at radius 2 is 1.88 bits per heavy atom. The van der Waals surface area contributed by atoms with E-state index in [1.54, 1.807) is 25.1 Å². The van der Waals surface area contributed by atoms with Crippen molar-refractivity contribution < 1.29 is 13.9 Å². The van der Waals surface area contributed by atoms with E-state index >= 15 is 0 Å². The molecule has 0 fully saturated rings. The van der Waals surface area contributed by atoms with E-state index in [-0.39, 0.29) is 12.4 Å². The molecule has 0 aliphatic rings. The minimum atomic E-state index is -0.475. The van der Waals surface area contributed by atoms with Gasteiger partial charge < -0.3 is 14.5 Å². The molecule has 0 unspecified atom stereocenters. The van der Waals surface area contributed by atoms with Gasteiger partial charge in [0, 0.05) is 22.5 Å². The standard InChI is InChI=1S/C18H12Cl3NO4/c1-9-4-18(24)26-15-7-16(13(21)6-11(9)15)25-8-17(23)22-14-5-10(19)2-3-12(14)20/h2-7H,8H2,1H3,(H,22,23). The maximum atomic E-state index is 12.1. The maximum absolute atomic E-state index is 12.1. The SMILES string of the molecule is Cc1cc(=O)oc2cc(OCC(=O)Nc3cc(Cl)ccc3Cl)c(Cl)cc12. The quantitative estimate of drug-likeness (QED) is 0.607. The summed E-state index contributed by atoms with van der Waals surface area (Å²) in [5, 5.41) is 4.37. The van der Waals surface area contributed by atoms with Gasteiger partial charge in [0.05, 0.1) is 15.7 Å². The Bertz CT molecular complexity index is 1060. The van der Waals surface area contributed by atoms with Crippen LogP contribution in [0.2, 0.25) is 15.1 Å². The largest absolute Gasteiger partial charge is 0.482 e. The lowest BCUT2D eigenvalue weighted by Gasteiger charge is -2.11. The van der Waals surface area contributed by atoms with Crippen LogP contribution in [0.1, 0.15) is 5.56 Å². The molecule has 134 valence electrons. The van der Waals surface area contributed by atoms with Gasteiger partial charge in [-0.15, -0.1) is 0 Å². The summed E-state index contributed by atoms with van der Waals surface area (Å²) in [5.41, 5.74) is 0.960. The Balaban J connectivity index is 1.77. The van der Waals surface area contributed by atoms with E-state index in [2.05, 4.69) is 5.32 Å². The maximum Gasteiger partial charge on any atom is 0.336 e. The fourth-order valence-corrected chi connectivity index (χ4v) is 2.91. The van der Waals surface area contributed by atoms with Gasteiger partial charge in [-0.1, -0.05) is 34.8 Å². The molecular weight excluding hydrogens is 401 g/mol. The number of nitrogens with one attached hydrogen (secondary N) is 1. The summed E-state index contributed by atoms with van der Waals surface area (Å²) in [5.74, 6) is -0.226. The van der Waals surface area contributed by atoms with E-state index in [1.807, 2.05) is 0 Å². The van der Waals surface area contributed by atoms with Gasteiger partial charge in [-0.05, 0) is 36.8 Å². The fourth-order valence-electron chi connectivity index (χ4n) is 2.35. The van der Waals surface area contributed by atoms with Crippen molar-refractivity contribution in [2.24, 2.45) is 0 Å². The third-order valence-corrected chi connectivity index (χ3v) is 4.43. The second-order valence-corrected chi connectivity index (χ2v) is 6.74. The molecule has 0 aliphatic heterocycles. The fraction of sp³-hybridized carbons (Fsp3) is 0.111. The molecule has 3 rings (SSSR count). The van der Waals surface area contributed by atoms with Crippen LogP contribution in [0.5, 0.6) is 5.75 Å². The van der Waals surface area contributed by atoms with Crippen LogP contribution in [0.3, 0.4) is 0 Å². The molecule has 5 nitrogen and oxygen atoms in total. The molecule has 2 aromatic carbocycles. The first-order chi connectivity index (χ1) is 12.3. The molecule has 1 amide bonds. The summed E-state index contributed by atoms with van der Waals surface area (Å²) in [6.45, 7) is 1.46. The number of hydrogen-bond acceptors (Lipinski definition) is 4. The molecule has 0 atom stereocenters. The molecule has 8 heteroatoms. The monoisotopic (exact) mass is 411 g/mol. The summed E-state index contributed by atoms with van der Waals surface area (Å²) in [6.07, 6.45) is 0. The summed E-state index contributed by atoms with van der Waals surface area (Å²) in [6, 6.07) is 9.19. The highest BCUT2D eigenvalue weighted by Gasteiger charge is 2.12. The third kappa shape index (κ3) is 4.12. The Hall–Kier alpha value is -2.21.